The highest BCUT2D eigenvalue weighted by atomic mass is 16.2. The Balaban J connectivity index is 2.40. The van der Waals surface area contributed by atoms with E-state index in [9.17, 15) is 4.79 Å². The second kappa shape index (κ2) is 2.33. The van der Waals surface area contributed by atoms with Gasteiger partial charge in [-0.25, -0.2) is 4.79 Å². The molecule has 0 bridgehead atoms. The molecule has 0 fully saturated rings. The quantitative estimate of drug-likeness (QED) is 0.519. The molecule has 2 aliphatic heterocycles. The van der Waals surface area contributed by atoms with Gasteiger partial charge < -0.3 is 4.90 Å². The predicted octanol–water partition coefficient (Wildman–Crippen LogP) is 0.670. The lowest BCUT2D eigenvalue weighted by molar-refractivity contribution is 0.197. The van der Waals surface area contributed by atoms with Gasteiger partial charge in [0.25, 0.3) is 0 Å². The van der Waals surface area contributed by atoms with E-state index in [4.69, 9.17) is 0 Å². The van der Waals surface area contributed by atoms with E-state index in [1.54, 1.807) is 16.8 Å². The molecular weight excluding hydrogens is 154 g/mol. The van der Waals surface area contributed by atoms with Gasteiger partial charge in [0.15, 0.2) is 0 Å². The van der Waals surface area contributed by atoms with Gasteiger partial charge in [-0.15, -0.1) is 0 Å². The van der Waals surface area contributed by atoms with Crippen LogP contribution < -0.4 is 0 Å². The lowest BCUT2D eigenvalue weighted by atomic mass is 10.3. The molecule has 2 rings (SSSR count). The van der Waals surface area contributed by atoms with Crippen molar-refractivity contribution in [3.8, 4) is 0 Å². The molecule has 0 N–H and O–H groups in total. The highest BCUT2D eigenvalue weighted by molar-refractivity contribution is 6.07. The van der Waals surface area contributed by atoms with Crippen molar-refractivity contribution in [2.24, 2.45) is 4.99 Å². The van der Waals surface area contributed by atoms with Crippen molar-refractivity contribution in [2.45, 2.75) is 6.92 Å². The number of aliphatic imine (C=N–C) groups is 1. The lowest BCUT2D eigenvalue weighted by Crippen LogP contribution is -2.45. The summed E-state index contributed by atoms with van der Waals surface area (Å²) in [4.78, 5) is 19.1. The fourth-order valence-electron chi connectivity index (χ4n) is 1.40. The molecule has 2 aliphatic rings. The Kier molecular flexibility index (Phi) is 1.43. The molecule has 0 unspecified atom stereocenters. The highest BCUT2D eigenvalue weighted by Crippen LogP contribution is 2.16. The first kappa shape index (κ1) is 7.34. The van der Waals surface area contributed by atoms with Gasteiger partial charge in [-0.3, -0.25) is 9.89 Å². The summed E-state index contributed by atoms with van der Waals surface area (Å²) in [7, 11) is 1.78. The van der Waals surface area contributed by atoms with E-state index in [0.29, 0.717) is 0 Å². The molecule has 4 heteroatoms. The summed E-state index contributed by atoms with van der Waals surface area (Å²) in [6.45, 7) is 3.37. The van der Waals surface area contributed by atoms with Crippen LogP contribution in [0.1, 0.15) is 6.92 Å². The molecule has 0 saturated carbocycles. The maximum atomic E-state index is 11.5. The van der Waals surface area contributed by atoms with Crippen LogP contribution in [0.2, 0.25) is 0 Å². The SMILES string of the molecule is CC1=CC2=NCCN2C(=O)N1C. The zero-order valence-electron chi connectivity index (χ0n) is 7.24. The van der Waals surface area contributed by atoms with Gasteiger partial charge in [0, 0.05) is 25.4 Å². The first-order valence-corrected chi connectivity index (χ1v) is 3.98. The minimum atomic E-state index is 0.0336. The molecule has 0 aromatic rings. The molecule has 0 aromatic heterocycles. The summed E-state index contributed by atoms with van der Waals surface area (Å²) in [5.74, 6) is 0.815. The maximum Gasteiger partial charge on any atom is 0.329 e. The summed E-state index contributed by atoms with van der Waals surface area (Å²) in [6, 6.07) is 0.0336. The minimum absolute atomic E-state index is 0.0336. The van der Waals surface area contributed by atoms with Gasteiger partial charge in [0.1, 0.15) is 5.84 Å². The summed E-state index contributed by atoms with van der Waals surface area (Å²) in [5, 5.41) is 0. The molecule has 12 heavy (non-hydrogen) atoms. The predicted molar refractivity (Wildman–Crippen MR) is 45.9 cm³/mol. The zero-order valence-corrected chi connectivity index (χ0v) is 7.24. The molecule has 0 atom stereocenters. The van der Waals surface area contributed by atoms with E-state index in [2.05, 4.69) is 4.99 Å². The fourth-order valence-corrected chi connectivity index (χ4v) is 1.40. The van der Waals surface area contributed by atoms with Crippen molar-refractivity contribution in [3.05, 3.63) is 11.8 Å². The Hall–Kier alpha value is -1.32. The van der Waals surface area contributed by atoms with Gasteiger partial charge in [0.2, 0.25) is 0 Å². The zero-order chi connectivity index (χ0) is 8.72. The Morgan fingerprint density at radius 2 is 2.33 bits per heavy atom. The number of carbonyl (C=O) groups excluding carboxylic acids is 1. The number of hydrogen-bond donors (Lipinski definition) is 0. The van der Waals surface area contributed by atoms with Crippen molar-refractivity contribution < 1.29 is 4.79 Å². The van der Waals surface area contributed by atoms with Crippen molar-refractivity contribution in [2.75, 3.05) is 20.1 Å². The summed E-state index contributed by atoms with van der Waals surface area (Å²) in [6.07, 6.45) is 1.94. The number of rotatable bonds is 0. The van der Waals surface area contributed by atoms with Crippen molar-refractivity contribution in [3.63, 3.8) is 0 Å². The molecule has 64 valence electrons. The van der Waals surface area contributed by atoms with Gasteiger partial charge in [-0.05, 0) is 6.92 Å². The van der Waals surface area contributed by atoms with Crippen molar-refractivity contribution >= 4 is 11.9 Å². The van der Waals surface area contributed by atoms with E-state index in [1.165, 1.54) is 0 Å². The van der Waals surface area contributed by atoms with Crippen LogP contribution in [0.4, 0.5) is 4.79 Å². The highest BCUT2D eigenvalue weighted by Gasteiger charge is 2.29. The Morgan fingerprint density at radius 3 is 3.08 bits per heavy atom. The Bertz CT molecular complexity index is 293. The Labute approximate surface area is 71.2 Å². The third-order valence-corrected chi connectivity index (χ3v) is 2.26. The molecular formula is C8H11N3O. The number of urea groups is 1. The first-order chi connectivity index (χ1) is 5.70. The van der Waals surface area contributed by atoms with Gasteiger partial charge in [0.05, 0.1) is 6.54 Å². The second-order valence-corrected chi connectivity index (χ2v) is 3.02. The van der Waals surface area contributed by atoms with E-state index < -0.39 is 0 Å². The number of allylic oxidation sites excluding steroid dienone is 1. The monoisotopic (exact) mass is 165 g/mol. The molecule has 0 aromatic carbocycles. The lowest BCUT2D eigenvalue weighted by Gasteiger charge is -2.29. The van der Waals surface area contributed by atoms with Crippen LogP contribution in [0.15, 0.2) is 16.8 Å². The number of nitrogens with zero attached hydrogens (tertiary/aromatic N) is 3. The topological polar surface area (TPSA) is 35.9 Å². The second-order valence-electron chi connectivity index (χ2n) is 3.02. The number of fused-ring (bicyclic) bond motifs is 1. The molecule has 2 heterocycles. The summed E-state index contributed by atoms with van der Waals surface area (Å²) >= 11 is 0. The third-order valence-electron chi connectivity index (χ3n) is 2.26. The molecule has 0 radical (unpaired) electrons. The van der Waals surface area contributed by atoms with Crippen LogP contribution in [-0.4, -0.2) is 41.8 Å². The standard InChI is InChI=1S/C8H11N3O/c1-6-5-7-9-3-4-11(7)8(12)10(6)2/h5H,3-4H2,1-2H3. The van der Waals surface area contributed by atoms with Gasteiger partial charge >= 0.3 is 6.03 Å². The smallest absolute Gasteiger partial charge is 0.301 e. The fraction of sp³-hybridized carbons (Fsp3) is 0.500. The molecule has 0 aliphatic carbocycles. The average molecular weight is 165 g/mol. The third kappa shape index (κ3) is 0.841. The molecule has 0 spiro atoms. The number of hydrogen-bond acceptors (Lipinski definition) is 2. The first-order valence-electron chi connectivity index (χ1n) is 3.98. The van der Waals surface area contributed by atoms with E-state index in [0.717, 1.165) is 24.6 Å². The van der Waals surface area contributed by atoms with E-state index in [1.807, 2.05) is 13.0 Å². The average Bonchev–Trinajstić information content (AvgIpc) is 2.48. The van der Waals surface area contributed by atoms with Crippen molar-refractivity contribution in [1.82, 2.24) is 9.80 Å². The number of amides is 2. The number of amidine groups is 1. The number of carbonyl (C=O) groups is 1. The summed E-state index contributed by atoms with van der Waals surface area (Å²) < 4.78 is 0. The Morgan fingerprint density at radius 1 is 1.58 bits per heavy atom. The van der Waals surface area contributed by atoms with Gasteiger partial charge in [-0.2, -0.15) is 0 Å². The van der Waals surface area contributed by atoms with Crippen LogP contribution in [0.25, 0.3) is 0 Å². The normalized spacial score (nSPS) is 22.3. The van der Waals surface area contributed by atoms with Crippen LogP contribution in [0, 0.1) is 0 Å². The molecule has 2 amide bonds. The van der Waals surface area contributed by atoms with Crippen LogP contribution >= 0.6 is 0 Å². The molecule has 4 nitrogen and oxygen atoms in total. The largest absolute Gasteiger partial charge is 0.329 e. The van der Waals surface area contributed by atoms with Gasteiger partial charge in [-0.1, -0.05) is 0 Å². The summed E-state index contributed by atoms with van der Waals surface area (Å²) in [5.41, 5.74) is 0.955. The molecule has 0 saturated heterocycles. The van der Waals surface area contributed by atoms with E-state index >= 15 is 0 Å². The maximum absolute atomic E-state index is 11.5. The van der Waals surface area contributed by atoms with Crippen LogP contribution in [0.5, 0.6) is 0 Å². The van der Waals surface area contributed by atoms with Crippen molar-refractivity contribution in [1.29, 1.82) is 0 Å². The van der Waals surface area contributed by atoms with Crippen LogP contribution in [0.3, 0.4) is 0 Å². The minimum Gasteiger partial charge on any atom is -0.301 e. The van der Waals surface area contributed by atoms with E-state index in [-0.39, 0.29) is 6.03 Å². The van der Waals surface area contributed by atoms with Crippen LogP contribution in [-0.2, 0) is 0 Å².